The molecule has 1 N–H and O–H groups in total. The molecule has 2 atom stereocenters. The smallest absolute Gasteiger partial charge is 0.124 e. The molecule has 0 aromatic heterocycles. The highest BCUT2D eigenvalue weighted by Gasteiger charge is 2.31. The van der Waals surface area contributed by atoms with Gasteiger partial charge in [0.05, 0.1) is 20.3 Å². The summed E-state index contributed by atoms with van der Waals surface area (Å²) in [7, 11) is 3.26. The minimum absolute atomic E-state index is 0.106. The van der Waals surface area contributed by atoms with Crippen molar-refractivity contribution >= 4 is 0 Å². The van der Waals surface area contributed by atoms with Crippen molar-refractivity contribution in [2.24, 2.45) is 5.92 Å². The van der Waals surface area contributed by atoms with Crippen molar-refractivity contribution in [2.45, 2.75) is 12.5 Å². The molecule has 0 radical (unpaired) electrons. The first kappa shape index (κ1) is 12.2. The molecule has 1 aliphatic rings. The summed E-state index contributed by atoms with van der Waals surface area (Å²) in [5, 5.41) is 9.34. The zero-order valence-corrected chi connectivity index (χ0v) is 10.2. The Morgan fingerprint density at radius 2 is 2.18 bits per heavy atom. The quantitative estimate of drug-likeness (QED) is 0.868. The molecule has 1 aliphatic heterocycles. The maximum Gasteiger partial charge on any atom is 0.124 e. The van der Waals surface area contributed by atoms with Gasteiger partial charge in [0, 0.05) is 24.7 Å². The fourth-order valence-corrected chi connectivity index (χ4v) is 2.23. The van der Waals surface area contributed by atoms with Gasteiger partial charge in [0.1, 0.15) is 11.5 Å². The highest BCUT2D eigenvalue weighted by atomic mass is 16.5. The van der Waals surface area contributed by atoms with Crippen LogP contribution in [0.25, 0.3) is 0 Å². The molecule has 1 aromatic rings. The SMILES string of the molecule is COc1ccc(OC)c(C2OCCC2CO)c1. The van der Waals surface area contributed by atoms with Gasteiger partial charge in [0.25, 0.3) is 0 Å². The zero-order valence-electron chi connectivity index (χ0n) is 10.2. The second-order valence-electron chi connectivity index (χ2n) is 4.13. The highest BCUT2D eigenvalue weighted by molar-refractivity contribution is 5.42. The van der Waals surface area contributed by atoms with Gasteiger partial charge in [0.15, 0.2) is 0 Å². The van der Waals surface area contributed by atoms with E-state index in [-0.39, 0.29) is 18.6 Å². The molecule has 0 spiro atoms. The second-order valence-corrected chi connectivity index (χ2v) is 4.13. The minimum Gasteiger partial charge on any atom is -0.497 e. The number of aliphatic hydroxyl groups is 1. The number of methoxy groups -OCH3 is 2. The molecule has 0 amide bonds. The second kappa shape index (κ2) is 5.38. The molecule has 2 unspecified atom stereocenters. The monoisotopic (exact) mass is 238 g/mol. The van der Waals surface area contributed by atoms with E-state index in [1.165, 1.54) is 0 Å². The molecule has 1 fully saturated rings. The summed E-state index contributed by atoms with van der Waals surface area (Å²) in [5.41, 5.74) is 0.948. The molecular formula is C13H18O4. The number of aliphatic hydroxyl groups excluding tert-OH is 1. The third-order valence-electron chi connectivity index (χ3n) is 3.19. The summed E-state index contributed by atoms with van der Waals surface area (Å²) < 4.78 is 16.2. The van der Waals surface area contributed by atoms with E-state index in [0.29, 0.717) is 6.61 Å². The molecule has 1 aromatic carbocycles. The molecule has 4 nitrogen and oxygen atoms in total. The van der Waals surface area contributed by atoms with Gasteiger partial charge >= 0.3 is 0 Å². The van der Waals surface area contributed by atoms with Gasteiger partial charge in [-0.15, -0.1) is 0 Å². The maximum absolute atomic E-state index is 9.34. The Morgan fingerprint density at radius 3 is 2.82 bits per heavy atom. The van der Waals surface area contributed by atoms with Crippen LogP contribution in [0, 0.1) is 5.92 Å². The fraction of sp³-hybridized carbons (Fsp3) is 0.538. The Kier molecular flexibility index (Phi) is 3.86. The van der Waals surface area contributed by atoms with Gasteiger partial charge in [-0.3, -0.25) is 0 Å². The largest absolute Gasteiger partial charge is 0.497 e. The maximum atomic E-state index is 9.34. The van der Waals surface area contributed by atoms with Crippen molar-refractivity contribution in [1.82, 2.24) is 0 Å². The van der Waals surface area contributed by atoms with Gasteiger partial charge < -0.3 is 19.3 Å². The normalized spacial score (nSPS) is 23.7. The van der Waals surface area contributed by atoms with Crippen LogP contribution in [-0.4, -0.2) is 32.5 Å². The summed E-state index contributed by atoms with van der Waals surface area (Å²) in [4.78, 5) is 0. The van der Waals surface area contributed by atoms with E-state index in [1.807, 2.05) is 18.2 Å². The number of rotatable bonds is 4. The Balaban J connectivity index is 2.34. The molecule has 17 heavy (non-hydrogen) atoms. The Hall–Kier alpha value is -1.26. The standard InChI is InChI=1S/C13H18O4/c1-15-10-3-4-12(16-2)11(7-10)13-9(8-14)5-6-17-13/h3-4,7,9,13-14H,5-6,8H2,1-2H3. The minimum atomic E-state index is -0.106. The summed E-state index contributed by atoms with van der Waals surface area (Å²) >= 11 is 0. The van der Waals surface area contributed by atoms with Crippen LogP contribution in [0.3, 0.4) is 0 Å². The average Bonchev–Trinajstić information content (AvgIpc) is 2.86. The fourth-order valence-electron chi connectivity index (χ4n) is 2.23. The molecule has 2 rings (SSSR count). The lowest BCUT2D eigenvalue weighted by Crippen LogP contribution is -2.12. The predicted molar refractivity (Wildman–Crippen MR) is 63.4 cm³/mol. The number of hydrogen-bond acceptors (Lipinski definition) is 4. The van der Waals surface area contributed by atoms with E-state index in [2.05, 4.69) is 0 Å². The predicted octanol–water partition coefficient (Wildman–Crippen LogP) is 1.77. The summed E-state index contributed by atoms with van der Waals surface area (Å²) in [5.74, 6) is 1.68. The van der Waals surface area contributed by atoms with Gasteiger partial charge in [-0.1, -0.05) is 0 Å². The third-order valence-corrected chi connectivity index (χ3v) is 3.19. The molecule has 0 bridgehead atoms. The van der Waals surface area contributed by atoms with Crippen molar-refractivity contribution in [2.75, 3.05) is 27.4 Å². The van der Waals surface area contributed by atoms with Crippen LogP contribution >= 0.6 is 0 Å². The lowest BCUT2D eigenvalue weighted by Gasteiger charge is -2.20. The van der Waals surface area contributed by atoms with Crippen molar-refractivity contribution in [3.8, 4) is 11.5 Å². The van der Waals surface area contributed by atoms with E-state index in [1.54, 1.807) is 14.2 Å². The van der Waals surface area contributed by atoms with E-state index >= 15 is 0 Å². The summed E-state index contributed by atoms with van der Waals surface area (Å²) in [6.07, 6.45) is 0.770. The number of ether oxygens (including phenoxy) is 3. The Labute approximate surface area is 101 Å². The van der Waals surface area contributed by atoms with Crippen LogP contribution in [-0.2, 0) is 4.74 Å². The first-order valence-electron chi connectivity index (χ1n) is 5.74. The molecule has 4 heteroatoms. The first-order chi connectivity index (χ1) is 8.30. The van der Waals surface area contributed by atoms with Crippen molar-refractivity contribution in [1.29, 1.82) is 0 Å². The Morgan fingerprint density at radius 1 is 1.35 bits per heavy atom. The van der Waals surface area contributed by atoms with E-state index in [0.717, 1.165) is 23.5 Å². The van der Waals surface area contributed by atoms with E-state index in [4.69, 9.17) is 14.2 Å². The Bertz CT molecular complexity index is 378. The highest BCUT2D eigenvalue weighted by Crippen LogP contribution is 2.40. The van der Waals surface area contributed by atoms with Gasteiger partial charge in [0.2, 0.25) is 0 Å². The van der Waals surface area contributed by atoms with Gasteiger partial charge in [-0.2, -0.15) is 0 Å². The molecular weight excluding hydrogens is 220 g/mol. The van der Waals surface area contributed by atoms with Crippen molar-refractivity contribution < 1.29 is 19.3 Å². The first-order valence-corrected chi connectivity index (χ1v) is 5.74. The molecule has 1 saturated heterocycles. The van der Waals surface area contributed by atoms with Gasteiger partial charge in [-0.25, -0.2) is 0 Å². The summed E-state index contributed by atoms with van der Waals surface area (Å²) in [6.45, 7) is 0.807. The number of hydrogen-bond donors (Lipinski definition) is 1. The molecule has 0 aliphatic carbocycles. The van der Waals surface area contributed by atoms with Crippen LogP contribution in [0.5, 0.6) is 11.5 Å². The van der Waals surface area contributed by atoms with Crippen LogP contribution in [0.2, 0.25) is 0 Å². The molecule has 0 saturated carbocycles. The van der Waals surface area contributed by atoms with Crippen LogP contribution in [0.15, 0.2) is 18.2 Å². The van der Waals surface area contributed by atoms with E-state index < -0.39 is 0 Å². The molecule has 1 heterocycles. The molecule has 94 valence electrons. The topological polar surface area (TPSA) is 47.9 Å². The van der Waals surface area contributed by atoms with E-state index in [9.17, 15) is 5.11 Å². The lowest BCUT2D eigenvalue weighted by molar-refractivity contribution is 0.0699. The average molecular weight is 238 g/mol. The van der Waals surface area contributed by atoms with Crippen LogP contribution in [0.4, 0.5) is 0 Å². The van der Waals surface area contributed by atoms with Gasteiger partial charge in [-0.05, 0) is 24.6 Å². The summed E-state index contributed by atoms with van der Waals surface area (Å²) in [6, 6.07) is 5.63. The number of benzene rings is 1. The van der Waals surface area contributed by atoms with Crippen LogP contribution < -0.4 is 9.47 Å². The van der Waals surface area contributed by atoms with Crippen molar-refractivity contribution in [3.63, 3.8) is 0 Å². The van der Waals surface area contributed by atoms with Crippen molar-refractivity contribution in [3.05, 3.63) is 23.8 Å². The zero-order chi connectivity index (χ0) is 12.3. The lowest BCUT2D eigenvalue weighted by atomic mass is 9.95. The third kappa shape index (κ3) is 2.37. The van der Waals surface area contributed by atoms with Crippen LogP contribution in [0.1, 0.15) is 18.1 Å².